The molecule has 0 aliphatic heterocycles. The van der Waals surface area contributed by atoms with Gasteiger partial charge < -0.3 is 15.6 Å². The lowest BCUT2D eigenvalue weighted by Crippen LogP contribution is -2.45. The molecule has 3 N–H and O–H groups in total. The molecule has 20 heavy (non-hydrogen) atoms. The molecule has 0 fully saturated rings. The summed E-state index contributed by atoms with van der Waals surface area (Å²) in [6.45, 7) is 0. The molecule has 0 radical (unpaired) electrons. The van der Waals surface area contributed by atoms with Gasteiger partial charge in [0.15, 0.2) is 11.5 Å². The van der Waals surface area contributed by atoms with Crippen LogP contribution in [0.5, 0.6) is 11.5 Å². The number of halogens is 7. The number of rotatable bonds is 3. The number of nitrogens with two attached hydrogens (primary N) is 1. The predicted molar refractivity (Wildman–Crippen MR) is 64.8 cm³/mol. The van der Waals surface area contributed by atoms with Gasteiger partial charge in [0.05, 0.1) is 12.1 Å². The van der Waals surface area contributed by atoms with Crippen LogP contribution in [0.4, 0.5) is 22.0 Å². The zero-order chi connectivity index (χ0) is 15.0. The van der Waals surface area contributed by atoms with Gasteiger partial charge in [-0.1, -0.05) is 11.6 Å². The summed E-state index contributed by atoms with van der Waals surface area (Å²) in [4.78, 5) is 0. The quantitative estimate of drug-likeness (QED) is 0.824. The Bertz CT molecular complexity index is 481. The molecule has 1 aromatic rings. The number of alkyl halides is 5. The largest absolute Gasteiger partial charge is 0.503 e. The third-order valence-corrected chi connectivity index (χ3v) is 2.69. The van der Waals surface area contributed by atoms with Crippen LogP contribution in [0.25, 0.3) is 0 Å². The zero-order valence-electron chi connectivity index (χ0n) is 9.84. The van der Waals surface area contributed by atoms with E-state index in [2.05, 4.69) is 4.74 Å². The molecule has 0 bridgehead atoms. The smallest absolute Gasteiger partial charge is 0.455 e. The maximum Gasteiger partial charge on any atom is 0.455 e. The second kappa shape index (κ2) is 6.19. The normalized spacial score (nSPS) is 13.6. The highest BCUT2D eigenvalue weighted by atomic mass is 35.5. The molecule has 0 aromatic heterocycles. The predicted octanol–water partition coefficient (Wildman–Crippen LogP) is 3.67. The number of aromatic hydroxyl groups is 1. The van der Waals surface area contributed by atoms with Gasteiger partial charge in [0.1, 0.15) is 6.04 Å². The molecule has 0 unspecified atom stereocenters. The minimum Gasteiger partial charge on any atom is -0.503 e. The Morgan fingerprint density at radius 1 is 1.25 bits per heavy atom. The molecule has 116 valence electrons. The molecular weight excluding hydrogens is 332 g/mol. The summed E-state index contributed by atoms with van der Waals surface area (Å²) in [6, 6.07) is -1.17. The highest BCUT2D eigenvalue weighted by Crippen LogP contribution is 2.45. The monoisotopic (exact) mass is 341 g/mol. The Kier molecular flexibility index (Phi) is 5.89. The van der Waals surface area contributed by atoms with Crippen LogP contribution < -0.4 is 10.5 Å². The van der Waals surface area contributed by atoms with Crippen LogP contribution in [0.3, 0.4) is 0 Å². The van der Waals surface area contributed by atoms with E-state index >= 15 is 0 Å². The number of methoxy groups -OCH3 is 1. The second-order valence-corrected chi connectivity index (χ2v) is 4.06. The van der Waals surface area contributed by atoms with E-state index in [0.717, 1.165) is 19.2 Å². The maximum atomic E-state index is 13.1. The number of phenols is 1. The van der Waals surface area contributed by atoms with Gasteiger partial charge in [-0.25, -0.2) is 0 Å². The van der Waals surface area contributed by atoms with Gasteiger partial charge in [-0.2, -0.15) is 22.0 Å². The Morgan fingerprint density at radius 2 is 1.75 bits per heavy atom. The lowest BCUT2D eigenvalue weighted by molar-refractivity contribution is -0.291. The number of benzene rings is 1. The second-order valence-electron chi connectivity index (χ2n) is 3.65. The van der Waals surface area contributed by atoms with Gasteiger partial charge in [-0.3, -0.25) is 0 Å². The molecule has 1 atom stereocenters. The van der Waals surface area contributed by atoms with Crippen molar-refractivity contribution in [3.05, 3.63) is 22.7 Å². The van der Waals surface area contributed by atoms with Crippen molar-refractivity contribution in [3.63, 3.8) is 0 Å². The van der Waals surface area contributed by atoms with E-state index < -0.39 is 34.5 Å². The first-order valence-corrected chi connectivity index (χ1v) is 5.16. The van der Waals surface area contributed by atoms with Crippen molar-refractivity contribution in [2.24, 2.45) is 5.73 Å². The van der Waals surface area contributed by atoms with Crippen LogP contribution in [-0.2, 0) is 0 Å². The summed E-state index contributed by atoms with van der Waals surface area (Å²) in [6.07, 6.45) is -5.80. The molecule has 3 nitrogen and oxygen atoms in total. The maximum absolute atomic E-state index is 13.1. The number of phenolic OH excluding ortho intramolecular Hbond substituents is 1. The van der Waals surface area contributed by atoms with Crippen molar-refractivity contribution in [1.82, 2.24) is 0 Å². The molecule has 0 spiro atoms. The minimum absolute atomic E-state index is 0. The molecule has 1 aromatic carbocycles. The fourth-order valence-electron chi connectivity index (χ4n) is 1.31. The van der Waals surface area contributed by atoms with E-state index in [1.54, 1.807) is 0 Å². The topological polar surface area (TPSA) is 55.5 Å². The third-order valence-electron chi connectivity index (χ3n) is 2.40. The molecule has 0 heterocycles. The van der Waals surface area contributed by atoms with Crippen LogP contribution in [-0.4, -0.2) is 24.3 Å². The fraction of sp³-hybridized carbons (Fsp3) is 0.400. The van der Waals surface area contributed by atoms with Gasteiger partial charge in [0, 0.05) is 0 Å². The number of hydrogen-bond acceptors (Lipinski definition) is 3. The van der Waals surface area contributed by atoms with Crippen molar-refractivity contribution in [3.8, 4) is 11.5 Å². The van der Waals surface area contributed by atoms with E-state index in [1.807, 2.05) is 0 Å². The summed E-state index contributed by atoms with van der Waals surface area (Å²) in [5.41, 5.74) is 4.33. The standard InChI is InChI=1S/C10H9ClF5NO2.ClH/c1-19-6-3-4(2-5(11)7(6)18)8(17)9(12,13)10(14,15)16;/h2-3,8,18H,17H2,1H3;1H/t8-;/m1./s1. The molecule has 0 aliphatic carbocycles. The summed E-state index contributed by atoms with van der Waals surface area (Å²) < 4.78 is 67.3. The highest BCUT2D eigenvalue weighted by Gasteiger charge is 2.61. The summed E-state index contributed by atoms with van der Waals surface area (Å²) in [5, 5.41) is 8.92. The highest BCUT2D eigenvalue weighted by molar-refractivity contribution is 6.32. The van der Waals surface area contributed by atoms with Crippen LogP contribution in [0.2, 0.25) is 5.02 Å². The first kappa shape index (κ1) is 19.0. The lowest BCUT2D eigenvalue weighted by atomic mass is 10.0. The van der Waals surface area contributed by atoms with Gasteiger partial charge in [-0.05, 0) is 17.7 Å². The Labute approximate surface area is 121 Å². The molecular formula is C10H10Cl2F5NO2. The van der Waals surface area contributed by atoms with Crippen LogP contribution >= 0.6 is 24.0 Å². The minimum atomic E-state index is -5.80. The third kappa shape index (κ3) is 3.36. The SMILES string of the molecule is COc1cc([C@@H](N)C(F)(F)C(F)(F)F)cc(Cl)c1O.Cl. The van der Waals surface area contributed by atoms with Crippen molar-refractivity contribution in [2.75, 3.05) is 7.11 Å². The summed E-state index contributed by atoms with van der Waals surface area (Å²) >= 11 is 5.49. The molecule has 0 saturated heterocycles. The van der Waals surface area contributed by atoms with Gasteiger partial charge in [0.2, 0.25) is 0 Å². The fourth-order valence-corrected chi connectivity index (χ4v) is 1.53. The Hall–Kier alpha value is -0.990. The molecule has 1 rings (SSSR count). The molecule has 0 saturated carbocycles. The summed E-state index contributed by atoms with van der Waals surface area (Å²) in [5.74, 6) is -6.07. The van der Waals surface area contributed by atoms with Crippen molar-refractivity contribution in [1.29, 1.82) is 0 Å². The van der Waals surface area contributed by atoms with Gasteiger partial charge in [0.25, 0.3) is 0 Å². The molecule has 10 heteroatoms. The zero-order valence-corrected chi connectivity index (χ0v) is 11.4. The first-order valence-electron chi connectivity index (χ1n) is 4.79. The number of hydrogen-bond donors (Lipinski definition) is 2. The van der Waals surface area contributed by atoms with E-state index in [1.165, 1.54) is 0 Å². The van der Waals surface area contributed by atoms with Crippen molar-refractivity contribution < 1.29 is 31.8 Å². The average molecular weight is 342 g/mol. The Balaban J connectivity index is 0.00000361. The lowest BCUT2D eigenvalue weighted by Gasteiger charge is -2.26. The van der Waals surface area contributed by atoms with Crippen LogP contribution in [0.15, 0.2) is 12.1 Å². The van der Waals surface area contributed by atoms with Crippen molar-refractivity contribution in [2.45, 2.75) is 18.1 Å². The van der Waals surface area contributed by atoms with Gasteiger partial charge >= 0.3 is 12.1 Å². The summed E-state index contributed by atoms with van der Waals surface area (Å²) in [7, 11) is 1.09. The first-order chi connectivity index (χ1) is 8.52. The number of ether oxygens (including phenoxy) is 1. The average Bonchev–Trinajstić information content (AvgIpc) is 2.30. The van der Waals surface area contributed by atoms with Crippen LogP contribution in [0, 0.1) is 0 Å². The van der Waals surface area contributed by atoms with Gasteiger partial charge in [-0.15, -0.1) is 12.4 Å². The van der Waals surface area contributed by atoms with Crippen molar-refractivity contribution >= 4 is 24.0 Å². The van der Waals surface area contributed by atoms with E-state index in [9.17, 15) is 27.1 Å². The van der Waals surface area contributed by atoms with E-state index in [-0.39, 0.29) is 18.2 Å². The molecule has 0 aliphatic rings. The van der Waals surface area contributed by atoms with E-state index in [4.69, 9.17) is 17.3 Å². The van der Waals surface area contributed by atoms with Crippen LogP contribution in [0.1, 0.15) is 11.6 Å². The van der Waals surface area contributed by atoms with E-state index in [0.29, 0.717) is 0 Å². The molecule has 0 amide bonds. The Morgan fingerprint density at radius 3 is 2.15 bits per heavy atom.